The van der Waals surface area contributed by atoms with E-state index in [0.29, 0.717) is 6.42 Å². The molecule has 0 saturated carbocycles. The Morgan fingerprint density at radius 2 is 2.54 bits per heavy atom. The van der Waals surface area contributed by atoms with E-state index in [1.54, 1.807) is 11.3 Å². The van der Waals surface area contributed by atoms with Crippen LogP contribution in [-0.2, 0) is 16.1 Å². The molecule has 1 aliphatic rings. The highest BCUT2D eigenvalue weighted by molar-refractivity contribution is 7.09. The molecule has 1 atom stereocenters. The van der Waals surface area contributed by atoms with Crippen LogP contribution < -0.4 is 0 Å². The smallest absolute Gasteiger partial charge is 0.318 e. The molecule has 0 aromatic carbocycles. The average Bonchev–Trinajstić information content (AvgIpc) is 2.70. The van der Waals surface area contributed by atoms with E-state index in [1.807, 2.05) is 24.4 Å². The first-order valence-corrected chi connectivity index (χ1v) is 4.93. The molecule has 0 bridgehead atoms. The lowest BCUT2D eigenvalue weighted by Gasteiger charge is -2.02. The van der Waals surface area contributed by atoms with Gasteiger partial charge in [-0.15, -0.1) is 11.3 Å². The van der Waals surface area contributed by atoms with E-state index in [0.717, 1.165) is 5.71 Å². The molecule has 1 unspecified atom stereocenters. The first kappa shape index (κ1) is 8.44. The number of hydrogen-bond donors (Lipinski definition) is 0. The fourth-order valence-corrected chi connectivity index (χ4v) is 2.03. The summed E-state index contributed by atoms with van der Waals surface area (Å²) < 4.78 is 0. The van der Waals surface area contributed by atoms with Crippen LogP contribution in [0.5, 0.6) is 0 Å². The van der Waals surface area contributed by atoms with Gasteiger partial charge in [-0.05, 0) is 18.4 Å². The lowest BCUT2D eigenvalue weighted by Crippen LogP contribution is -2.18. The first-order chi connectivity index (χ1) is 6.27. The SMILES string of the molecule is CC1=NOC(=O)C1Cc1cccs1. The number of carbonyl (C=O) groups excluding carboxylic acids is 1. The van der Waals surface area contributed by atoms with Crippen molar-refractivity contribution in [3.05, 3.63) is 22.4 Å². The van der Waals surface area contributed by atoms with E-state index < -0.39 is 0 Å². The number of hydrogen-bond acceptors (Lipinski definition) is 4. The van der Waals surface area contributed by atoms with Crippen molar-refractivity contribution in [2.24, 2.45) is 11.1 Å². The van der Waals surface area contributed by atoms with E-state index >= 15 is 0 Å². The summed E-state index contributed by atoms with van der Waals surface area (Å²) in [5, 5.41) is 5.65. The molecule has 68 valence electrons. The zero-order chi connectivity index (χ0) is 9.26. The second-order valence-electron chi connectivity index (χ2n) is 2.98. The highest BCUT2D eigenvalue weighted by Crippen LogP contribution is 2.20. The third-order valence-corrected chi connectivity index (χ3v) is 2.95. The van der Waals surface area contributed by atoms with Gasteiger partial charge in [0.25, 0.3) is 0 Å². The fourth-order valence-electron chi connectivity index (χ4n) is 1.28. The monoisotopic (exact) mass is 195 g/mol. The van der Waals surface area contributed by atoms with Crippen LogP contribution in [0.1, 0.15) is 11.8 Å². The molecular weight excluding hydrogens is 186 g/mol. The Bertz CT molecular complexity index is 343. The summed E-state index contributed by atoms with van der Waals surface area (Å²) in [6.07, 6.45) is 0.714. The molecule has 0 N–H and O–H groups in total. The maximum Gasteiger partial charge on any atom is 0.344 e. The number of nitrogens with zero attached hydrogens (tertiary/aromatic N) is 1. The Kier molecular flexibility index (Phi) is 2.14. The number of oxime groups is 1. The van der Waals surface area contributed by atoms with Crippen molar-refractivity contribution < 1.29 is 9.63 Å². The standard InChI is InChI=1S/C9H9NO2S/c1-6-8(9(11)12-10-6)5-7-3-2-4-13-7/h2-4,8H,5H2,1H3. The van der Waals surface area contributed by atoms with Gasteiger partial charge < -0.3 is 4.84 Å². The van der Waals surface area contributed by atoms with E-state index in [9.17, 15) is 4.79 Å². The van der Waals surface area contributed by atoms with Gasteiger partial charge >= 0.3 is 5.97 Å². The van der Waals surface area contributed by atoms with E-state index in [2.05, 4.69) is 9.99 Å². The molecule has 0 spiro atoms. The average molecular weight is 195 g/mol. The molecule has 3 nitrogen and oxygen atoms in total. The summed E-state index contributed by atoms with van der Waals surface area (Å²) >= 11 is 1.65. The molecule has 0 amide bonds. The largest absolute Gasteiger partial charge is 0.344 e. The minimum absolute atomic E-state index is 0.168. The maximum atomic E-state index is 11.2. The fraction of sp³-hybridized carbons (Fsp3) is 0.333. The predicted molar refractivity (Wildman–Crippen MR) is 50.7 cm³/mol. The van der Waals surface area contributed by atoms with Crippen molar-refractivity contribution >= 4 is 23.0 Å². The molecule has 13 heavy (non-hydrogen) atoms. The second-order valence-corrected chi connectivity index (χ2v) is 4.01. The van der Waals surface area contributed by atoms with Crippen LogP contribution in [-0.4, -0.2) is 11.7 Å². The minimum atomic E-state index is -0.231. The van der Waals surface area contributed by atoms with Gasteiger partial charge in [-0.2, -0.15) is 0 Å². The van der Waals surface area contributed by atoms with Gasteiger partial charge in [0.1, 0.15) is 5.92 Å². The van der Waals surface area contributed by atoms with Gasteiger partial charge in [0.05, 0.1) is 5.71 Å². The quantitative estimate of drug-likeness (QED) is 0.675. The molecule has 0 fully saturated rings. The van der Waals surface area contributed by atoms with Crippen molar-refractivity contribution in [2.75, 3.05) is 0 Å². The summed E-state index contributed by atoms with van der Waals surface area (Å²) in [7, 11) is 0. The molecule has 1 aliphatic heterocycles. The molecule has 0 aliphatic carbocycles. The van der Waals surface area contributed by atoms with Gasteiger partial charge in [-0.25, -0.2) is 4.79 Å². The van der Waals surface area contributed by atoms with Crippen LogP contribution in [0.3, 0.4) is 0 Å². The van der Waals surface area contributed by atoms with Crippen molar-refractivity contribution in [3.8, 4) is 0 Å². The Morgan fingerprint density at radius 1 is 1.69 bits per heavy atom. The highest BCUT2D eigenvalue weighted by atomic mass is 32.1. The maximum absolute atomic E-state index is 11.2. The molecule has 1 aromatic heterocycles. The molecule has 0 radical (unpaired) electrons. The Balaban J connectivity index is 2.10. The lowest BCUT2D eigenvalue weighted by molar-refractivity contribution is -0.143. The number of rotatable bonds is 2. The Labute approximate surface area is 80.0 Å². The summed E-state index contributed by atoms with van der Waals surface area (Å²) in [5.74, 6) is -0.399. The van der Waals surface area contributed by atoms with Gasteiger partial charge in [0.15, 0.2) is 0 Å². The van der Waals surface area contributed by atoms with Crippen molar-refractivity contribution in [1.29, 1.82) is 0 Å². The van der Waals surface area contributed by atoms with Gasteiger partial charge in [-0.1, -0.05) is 11.2 Å². The van der Waals surface area contributed by atoms with Crippen LogP contribution in [0.15, 0.2) is 22.7 Å². The molecule has 2 heterocycles. The van der Waals surface area contributed by atoms with Crippen LogP contribution in [0.25, 0.3) is 0 Å². The normalized spacial score (nSPS) is 21.5. The first-order valence-electron chi connectivity index (χ1n) is 4.05. The van der Waals surface area contributed by atoms with E-state index in [1.165, 1.54) is 4.88 Å². The topological polar surface area (TPSA) is 38.7 Å². The predicted octanol–water partition coefficient (Wildman–Crippen LogP) is 1.84. The summed E-state index contributed by atoms with van der Waals surface area (Å²) in [5.41, 5.74) is 0.776. The highest BCUT2D eigenvalue weighted by Gasteiger charge is 2.29. The van der Waals surface area contributed by atoms with E-state index in [4.69, 9.17) is 0 Å². The van der Waals surface area contributed by atoms with Crippen LogP contribution in [0, 0.1) is 5.92 Å². The third kappa shape index (κ3) is 1.62. The van der Waals surface area contributed by atoms with Gasteiger partial charge in [0, 0.05) is 11.3 Å². The van der Waals surface area contributed by atoms with Crippen molar-refractivity contribution in [1.82, 2.24) is 0 Å². The minimum Gasteiger partial charge on any atom is -0.318 e. The summed E-state index contributed by atoms with van der Waals surface area (Å²) in [6, 6.07) is 4.00. The lowest BCUT2D eigenvalue weighted by atomic mass is 10.0. The van der Waals surface area contributed by atoms with Crippen LogP contribution >= 0.6 is 11.3 Å². The number of thiophene rings is 1. The Morgan fingerprint density at radius 3 is 3.08 bits per heavy atom. The molecule has 4 heteroatoms. The van der Waals surface area contributed by atoms with Crippen molar-refractivity contribution in [2.45, 2.75) is 13.3 Å². The second kappa shape index (κ2) is 3.30. The molecule has 1 aromatic rings. The van der Waals surface area contributed by atoms with Gasteiger partial charge in [0.2, 0.25) is 0 Å². The van der Waals surface area contributed by atoms with Crippen LogP contribution in [0.4, 0.5) is 0 Å². The van der Waals surface area contributed by atoms with Crippen LogP contribution in [0.2, 0.25) is 0 Å². The summed E-state index contributed by atoms with van der Waals surface area (Å²) in [6.45, 7) is 1.82. The van der Waals surface area contributed by atoms with E-state index in [-0.39, 0.29) is 11.9 Å². The third-order valence-electron chi connectivity index (χ3n) is 2.05. The summed E-state index contributed by atoms with van der Waals surface area (Å²) in [4.78, 5) is 17.0. The van der Waals surface area contributed by atoms with Gasteiger partial charge in [-0.3, -0.25) is 0 Å². The zero-order valence-electron chi connectivity index (χ0n) is 7.19. The molecule has 0 saturated heterocycles. The molecule has 2 rings (SSSR count). The molecular formula is C9H9NO2S. The number of carbonyl (C=O) groups is 1. The zero-order valence-corrected chi connectivity index (χ0v) is 8.00. The Hall–Kier alpha value is -1.16. The van der Waals surface area contributed by atoms with Crippen molar-refractivity contribution in [3.63, 3.8) is 0 Å².